The molecule has 0 spiro atoms. The van der Waals surface area contributed by atoms with Gasteiger partial charge in [0.1, 0.15) is 5.69 Å². The lowest BCUT2D eigenvalue weighted by molar-refractivity contribution is -0.393. The van der Waals surface area contributed by atoms with Crippen molar-refractivity contribution in [2.24, 2.45) is 0 Å². The third-order valence-electron chi connectivity index (χ3n) is 3.37. The van der Waals surface area contributed by atoms with Gasteiger partial charge in [0, 0.05) is 11.8 Å². The summed E-state index contributed by atoms with van der Waals surface area (Å²) in [7, 11) is 0. The summed E-state index contributed by atoms with van der Waals surface area (Å²) < 4.78 is 0. The number of nitro benzene ring substituents is 2. The molecule has 0 saturated heterocycles. The van der Waals surface area contributed by atoms with E-state index in [4.69, 9.17) is 0 Å². The van der Waals surface area contributed by atoms with Crippen molar-refractivity contribution in [3.63, 3.8) is 0 Å². The van der Waals surface area contributed by atoms with Gasteiger partial charge in [-0.3, -0.25) is 20.2 Å². The zero-order chi connectivity index (χ0) is 17.9. The van der Waals surface area contributed by atoms with E-state index in [1.54, 1.807) is 24.3 Å². The average molecular weight is 331 g/mol. The van der Waals surface area contributed by atoms with Crippen LogP contribution in [0.5, 0.6) is 0 Å². The molecule has 24 heavy (non-hydrogen) atoms. The third-order valence-corrected chi connectivity index (χ3v) is 3.37. The molecule has 9 nitrogen and oxygen atoms in total. The van der Waals surface area contributed by atoms with Crippen LogP contribution in [0.3, 0.4) is 0 Å². The Bertz CT molecular complexity index is 781. The first-order valence-electron chi connectivity index (χ1n) is 6.89. The monoisotopic (exact) mass is 331 g/mol. The second-order valence-corrected chi connectivity index (χ2v) is 4.88. The van der Waals surface area contributed by atoms with Gasteiger partial charge in [-0.05, 0) is 24.1 Å². The topological polar surface area (TPSA) is 136 Å². The number of aromatic carboxylic acids is 1. The van der Waals surface area contributed by atoms with Gasteiger partial charge in [0.15, 0.2) is 0 Å². The van der Waals surface area contributed by atoms with Crippen molar-refractivity contribution in [3.05, 3.63) is 67.8 Å². The minimum atomic E-state index is -1.51. The molecule has 0 unspecified atom stereocenters. The molecule has 0 aliphatic carbocycles. The number of nitrogens with one attached hydrogen (secondary N) is 1. The lowest BCUT2D eigenvalue weighted by Crippen LogP contribution is -2.07. The first-order chi connectivity index (χ1) is 11.3. The van der Waals surface area contributed by atoms with Crippen molar-refractivity contribution in [1.29, 1.82) is 0 Å². The summed E-state index contributed by atoms with van der Waals surface area (Å²) in [6, 6.07) is 8.40. The van der Waals surface area contributed by atoms with E-state index in [9.17, 15) is 30.1 Å². The van der Waals surface area contributed by atoms with E-state index < -0.39 is 32.8 Å². The Kier molecular flexibility index (Phi) is 4.73. The number of aryl methyl sites for hydroxylation is 1. The number of rotatable bonds is 6. The molecule has 0 atom stereocenters. The van der Waals surface area contributed by atoms with Gasteiger partial charge in [0.25, 0.3) is 11.4 Å². The van der Waals surface area contributed by atoms with Gasteiger partial charge >= 0.3 is 5.97 Å². The van der Waals surface area contributed by atoms with Gasteiger partial charge in [0.2, 0.25) is 0 Å². The maximum absolute atomic E-state index is 11.4. The van der Waals surface area contributed by atoms with Crippen LogP contribution in [-0.2, 0) is 6.42 Å². The molecular weight excluding hydrogens is 318 g/mol. The number of benzene rings is 2. The second kappa shape index (κ2) is 6.73. The van der Waals surface area contributed by atoms with Crippen molar-refractivity contribution >= 4 is 28.7 Å². The highest BCUT2D eigenvalue weighted by Crippen LogP contribution is 2.35. The lowest BCUT2D eigenvalue weighted by Gasteiger charge is -2.11. The van der Waals surface area contributed by atoms with Gasteiger partial charge < -0.3 is 10.4 Å². The number of hydrogen-bond acceptors (Lipinski definition) is 6. The largest absolute Gasteiger partial charge is 0.478 e. The fourth-order valence-corrected chi connectivity index (χ4v) is 2.13. The van der Waals surface area contributed by atoms with Crippen LogP contribution in [0.1, 0.15) is 22.8 Å². The molecule has 2 aromatic carbocycles. The van der Waals surface area contributed by atoms with Crippen LogP contribution in [0.15, 0.2) is 36.4 Å². The summed E-state index contributed by atoms with van der Waals surface area (Å²) in [5.74, 6) is -1.51. The van der Waals surface area contributed by atoms with Gasteiger partial charge in [-0.1, -0.05) is 19.1 Å². The van der Waals surface area contributed by atoms with Crippen molar-refractivity contribution < 1.29 is 19.7 Å². The number of nitrogens with zero attached hydrogens (tertiary/aromatic N) is 2. The third kappa shape index (κ3) is 3.46. The van der Waals surface area contributed by atoms with E-state index in [0.29, 0.717) is 5.69 Å². The zero-order valence-electron chi connectivity index (χ0n) is 12.6. The van der Waals surface area contributed by atoms with Gasteiger partial charge in [-0.15, -0.1) is 0 Å². The fourth-order valence-electron chi connectivity index (χ4n) is 2.13. The Morgan fingerprint density at radius 1 is 1.12 bits per heavy atom. The second-order valence-electron chi connectivity index (χ2n) is 4.88. The first-order valence-corrected chi connectivity index (χ1v) is 6.89. The summed E-state index contributed by atoms with van der Waals surface area (Å²) in [6.07, 6.45) is 0.804. The molecule has 0 amide bonds. The van der Waals surface area contributed by atoms with Crippen LogP contribution >= 0.6 is 0 Å². The van der Waals surface area contributed by atoms with Crippen LogP contribution in [-0.4, -0.2) is 20.9 Å². The van der Waals surface area contributed by atoms with Gasteiger partial charge in [0.05, 0.1) is 21.5 Å². The van der Waals surface area contributed by atoms with Gasteiger partial charge in [-0.25, -0.2) is 4.79 Å². The molecule has 9 heteroatoms. The van der Waals surface area contributed by atoms with Crippen LogP contribution in [0, 0.1) is 20.2 Å². The number of anilines is 2. The summed E-state index contributed by atoms with van der Waals surface area (Å²) in [4.78, 5) is 31.7. The molecule has 0 fully saturated rings. The maximum atomic E-state index is 11.4. The van der Waals surface area contributed by atoms with E-state index in [2.05, 4.69) is 5.32 Å². The number of carboxylic acid groups (broad SMARTS) is 1. The molecule has 0 aliphatic rings. The van der Waals surface area contributed by atoms with Crippen LogP contribution in [0.4, 0.5) is 22.7 Å². The lowest BCUT2D eigenvalue weighted by atomic mass is 10.1. The quantitative estimate of drug-likeness (QED) is 0.610. The summed E-state index contributed by atoms with van der Waals surface area (Å²) in [5, 5.41) is 34.0. The number of nitro groups is 2. The highest BCUT2D eigenvalue weighted by Gasteiger charge is 2.27. The molecule has 124 valence electrons. The Morgan fingerprint density at radius 3 is 2.21 bits per heavy atom. The Balaban J connectivity index is 2.58. The highest BCUT2D eigenvalue weighted by atomic mass is 16.6. The maximum Gasteiger partial charge on any atom is 0.338 e. The number of carbonyl (C=O) groups is 1. The normalized spacial score (nSPS) is 10.2. The van der Waals surface area contributed by atoms with E-state index in [-0.39, 0.29) is 5.69 Å². The number of non-ortho nitro benzene ring substituents is 1. The Labute approximate surface area is 135 Å². The first kappa shape index (κ1) is 16.9. The van der Waals surface area contributed by atoms with Crippen LogP contribution in [0.2, 0.25) is 0 Å². The predicted molar refractivity (Wildman–Crippen MR) is 85.8 cm³/mol. The van der Waals surface area contributed by atoms with E-state index in [1.165, 1.54) is 0 Å². The van der Waals surface area contributed by atoms with E-state index in [0.717, 1.165) is 24.1 Å². The van der Waals surface area contributed by atoms with Crippen molar-refractivity contribution in [2.75, 3.05) is 5.32 Å². The number of carboxylic acids is 1. The molecule has 0 aliphatic heterocycles. The Morgan fingerprint density at radius 2 is 1.75 bits per heavy atom. The molecule has 0 aromatic heterocycles. The minimum absolute atomic E-state index is 0.303. The Hall–Kier alpha value is -3.49. The minimum Gasteiger partial charge on any atom is -0.478 e. The molecule has 0 bridgehead atoms. The van der Waals surface area contributed by atoms with Crippen molar-refractivity contribution in [3.8, 4) is 0 Å². The van der Waals surface area contributed by atoms with E-state index >= 15 is 0 Å². The van der Waals surface area contributed by atoms with Gasteiger partial charge in [-0.2, -0.15) is 0 Å². The molecule has 0 heterocycles. The highest BCUT2D eigenvalue weighted by molar-refractivity contribution is 5.99. The molecule has 2 aromatic rings. The van der Waals surface area contributed by atoms with Crippen molar-refractivity contribution in [1.82, 2.24) is 0 Å². The van der Waals surface area contributed by atoms with Crippen LogP contribution in [0.25, 0.3) is 0 Å². The smallest absolute Gasteiger partial charge is 0.338 e. The molecule has 0 saturated carbocycles. The van der Waals surface area contributed by atoms with E-state index in [1.807, 2.05) is 6.92 Å². The summed E-state index contributed by atoms with van der Waals surface area (Å²) in [5.41, 5.74) is -0.714. The predicted octanol–water partition coefficient (Wildman–Crippen LogP) is 3.51. The molecular formula is C15H13N3O6. The zero-order valence-corrected chi connectivity index (χ0v) is 12.6. The number of hydrogen-bond donors (Lipinski definition) is 2. The molecule has 2 rings (SSSR count). The average Bonchev–Trinajstić information content (AvgIpc) is 2.54. The standard InChI is InChI=1S/C15H13N3O6/c1-2-9-3-5-10(6-4-9)16-14-12(15(19)20)7-11(17(21)22)8-13(14)18(23)24/h3-8,16H,2H2,1H3,(H,19,20). The molecule has 0 radical (unpaired) electrons. The van der Waals surface area contributed by atoms with Crippen molar-refractivity contribution in [2.45, 2.75) is 13.3 Å². The SMILES string of the molecule is CCc1ccc(Nc2c(C(=O)O)cc([N+](=O)[O-])cc2[N+](=O)[O-])cc1. The summed E-state index contributed by atoms with van der Waals surface area (Å²) in [6.45, 7) is 1.96. The van der Waals surface area contributed by atoms with Crippen LogP contribution < -0.4 is 5.32 Å². The summed E-state index contributed by atoms with van der Waals surface area (Å²) >= 11 is 0. The fraction of sp³-hybridized carbons (Fsp3) is 0.133. The molecule has 2 N–H and O–H groups in total.